The van der Waals surface area contributed by atoms with Crippen LogP contribution in [-0.4, -0.2) is 161 Å². The molecule has 7 aliphatic rings. The summed E-state index contributed by atoms with van der Waals surface area (Å²) < 4.78 is 10.2. The summed E-state index contributed by atoms with van der Waals surface area (Å²) in [7, 11) is 1.35. The van der Waals surface area contributed by atoms with Crippen molar-refractivity contribution in [1.82, 2.24) is 29.4 Å². The van der Waals surface area contributed by atoms with E-state index in [4.69, 9.17) is 26.7 Å². The van der Waals surface area contributed by atoms with Gasteiger partial charge in [-0.3, -0.25) is 29.0 Å². The summed E-state index contributed by atoms with van der Waals surface area (Å²) in [6, 6.07) is 41.1. The standard InChI is InChI=1S/C28H34N4O2.C25H28N4O3.C22H24N4O3/c1-3-13-31(14-4-2)28(34)24-17-23-12-11-22(18-25(23)30-26(29)19-24)20-7-9-21(10-8-20)27(33)32-15-5-6-16-32;1-2-32-24(31)29-16-20-15-19(9-10-21(20)27-23(26)25(29)11-12-25)17-5-7-18(8-6-17)22(30)28-13-3-4-14-28;1-29-22(28)26-13-18-12-17(8-9-19(18)24-20(23)14-26)15-4-6-16(7-5-15)21(27)25-10-2-3-11-25/h7-12,17-18H,3-6,13-16,19H2,1-2H3,(H2,29,30);5-10,15H,2-4,11-14,16H2,1H3,(H2,26,27);4-9,12H,2-3,10-11,13-14H2,1H3,(H2,23,24). The third kappa shape index (κ3) is 15.3. The van der Waals surface area contributed by atoms with Crippen molar-refractivity contribution in [2.45, 2.75) is 110 Å². The van der Waals surface area contributed by atoms with E-state index in [1.54, 1.807) is 11.8 Å². The van der Waals surface area contributed by atoms with Crippen molar-refractivity contribution in [2.75, 3.05) is 72.6 Å². The Morgan fingerprint density at radius 2 is 0.916 bits per heavy atom. The minimum Gasteiger partial charge on any atom is -0.453 e. The second-order valence-electron chi connectivity index (χ2n) is 25.2. The fourth-order valence-corrected chi connectivity index (χ4v) is 13.2. The number of nitrogens with zero attached hydrogens (tertiary/aromatic N) is 9. The molecule has 6 aromatic carbocycles. The van der Waals surface area contributed by atoms with Crippen LogP contribution in [0.4, 0.5) is 26.7 Å². The van der Waals surface area contributed by atoms with Gasteiger partial charge in [-0.15, -0.1) is 0 Å². The SMILES string of the molecule is CCCN(CCC)C(=O)C1=Cc2ccc(-c3ccc(C(=O)N4CCCC4)cc3)cc2N=C(N)C1.CCOC(=O)N1Cc2cc(-c3ccc(C(=O)N4CCCC4)cc3)ccc2N=C(N)C12CC2.COC(=O)N1CC(N)=Nc2ccc(-c3ccc(C(=O)N4CCCC4)cc3)cc2C1. The normalized spacial score (nSPS) is 16.7. The number of carbonyl (C=O) groups is 6. The number of ether oxygens (including phenoxy) is 2. The maximum absolute atomic E-state index is 13.2. The molecule has 4 fully saturated rings. The highest BCUT2D eigenvalue weighted by Gasteiger charge is 2.55. The number of aliphatic imine (C=N–C) groups is 3. The Morgan fingerprint density at radius 3 is 1.37 bits per heavy atom. The summed E-state index contributed by atoms with van der Waals surface area (Å²) in [5.41, 5.74) is 31.8. The van der Waals surface area contributed by atoms with Gasteiger partial charge in [-0.2, -0.15) is 0 Å². The molecule has 6 aromatic rings. The van der Waals surface area contributed by atoms with Crippen LogP contribution in [0.2, 0.25) is 0 Å². The van der Waals surface area contributed by atoms with E-state index in [9.17, 15) is 28.8 Å². The fourth-order valence-electron chi connectivity index (χ4n) is 13.2. The molecule has 13 rings (SSSR count). The number of nitrogens with two attached hydrogens (primary N) is 3. The minimum absolute atomic E-state index is 0.0389. The lowest BCUT2D eigenvalue weighted by atomic mass is 9.99. The Kier molecular flexibility index (Phi) is 20.9. The number of benzene rings is 6. The van der Waals surface area contributed by atoms with E-state index in [2.05, 4.69) is 34.9 Å². The van der Waals surface area contributed by atoms with Gasteiger partial charge in [0.05, 0.1) is 50.4 Å². The summed E-state index contributed by atoms with van der Waals surface area (Å²) in [6.07, 6.45) is 11.4. The minimum atomic E-state index is -0.525. The number of rotatable bonds is 12. The molecule has 1 spiro atoms. The van der Waals surface area contributed by atoms with Gasteiger partial charge in [-0.05, 0) is 188 Å². The number of likely N-dealkylation sites (tertiary alicyclic amines) is 3. The first-order valence-electron chi connectivity index (χ1n) is 33.4. The zero-order chi connectivity index (χ0) is 66.8. The van der Waals surface area contributed by atoms with Crippen LogP contribution in [-0.2, 0) is 27.4 Å². The maximum Gasteiger partial charge on any atom is 0.410 e. The Bertz CT molecular complexity index is 3960. The molecule has 20 heteroatoms. The summed E-state index contributed by atoms with van der Waals surface area (Å²) in [5, 5.41) is 0. The molecule has 0 aromatic heterocycles. The topological polar surface area (TPSA) is 255 Å². The molecule has 6 amide bonds. The molecule has 6 N–H and O–H groups in total. The van der Waals surface area contributed by atoms with Crippen LogP contribution in [0, 0.1) is 0 Å². The molecule has 0 unspecified atom stereocenters. The highest BCUT2D eigenvalue weighted by Crippen LogP contribution is 2.47. The number of fused-ring (bicyclic) bond motifs is 3. The highest BCUT2D eigenvalue weighted by molar-refractivity contribution is 6.06. The van der Waals surface area contributed by atoms with Crippen LogP contribution in [0.25, 0.3) is 39.5 Å². The average Bonchev–Trinajstić information content (AvgIpc) is 1.58. The monoisotopic (exact) mass is 1280 g/mol. The predicted octanol–water partition coefficient (Wildman–Crippen LogP) is 12.3. The van der Waals surface area contributed by atoms with Gasteiger partial charge < -0.3 is 46.3 Å². The molecule has 0 bridgehead atoms. The van der Waals surface area contributed by atoms with Gasteiger partial charge >= 0.3 is 12.2 Å². The third-order valence-electron chi connectivity index (χ3n) is 18.5. The van der Waals surface area contributed by atoms with E-state index in [0.29, 0.717) is 60.3 Å². The van der Waals surface area contributed by atoms with E-state index in [1.807, 2.05) is 147 Å². The van der Waals surface area contributed by atoms with Gasteiger partial charge in [-0.25, -0.2) is 24.6 Å². The van der Waals surface area contributed by atoms with Gasteiger partial charge in [0, 0.05) is 86.6 Å². The van der Waals surface area contributed by atoms with Crippen LogP contribution in [0.15, 0.2) is 148 Å². The van der Waals surface area contributed by atoms with Crippen LogP contribution >= 0.6 is 0 Å². The number of amidine groups is 3. The summed E-state index contributed by atoms with van der Waals surface area (Å²) in [5.74, 6) is 1.61. The van der Waals surface area contributed by atoms with E-state index < -0.39 is 11.6 Å². The van der Waals surface area contributed by atoms with E-state index in [-0.39, 0.29) is 36.3 Å². The smallest absolute Gasteiger partial charge is 0.410 e. The first-order valence-corrected chi connectivity index (χ1v) is 33.4. The fraction of sp³-hybridized carbons (Fsp3) is 0.373. The number of amides is 6. The Balaban J connectivity index is 0.000000145. The first-order chi connectivity index (χ1) is 46.1. The molecule has 3 saturated heterocycles. The lowest BCUT2D eigenvalue weighted by Gasteiger charge is -2.29. The third-order valence-corrected chi connectivity index (χ3v) is 18.5. The lowest BCUT2D eigenvalue weighted by Crippen LogP contribution is -2.49. The lowest BCUT2D eigenvalue weighted by molar-refractivity contribution is -0.127. The van der Waals surface area contributed by atoms with Crippen molar-refractivity contribution in [3.8, 4) is 33.4 Å². The molecule has 6 heterocycles. The molecule has 494 valence electrons. The highest BCUT2D eigenvalue weighted by atomic mass is 16.6. The number of hydrogen-bond donors (Lipinski definition) is 3. The Hall–Kier alpha value is -10.1. The molecule has 95 heavy (non-hydrogen) atoms. The Morgan fingerprint density at radius 1 is 0.484 bits per heavy atom. The van der Waals surface area contributed by atoms with Gasteiger partial charge in [-0.1, -0.05) is 74.5 Å². The van der Waals surface area contributed by atoms with E-state index >= 15 is 0 Å². The van der Waals surface area contributed by atoms with Crippen LogP contribution in [0.3, 0.4) is 0 Å². The van der Waals surface area contributed by atoms with Gasteiger partial charge in [0.1, 0.15) is 23.0 Å². The average molecular weight is 1280 g/mol. The van der Waals surface area contributed by atoms with Gasteiger partial charge in [0.2, 0.25) is 5.91 Å². The molecule has 1 saturated carbocycles. The summed E-state index contributed by atoms with van der Waals surface area (Å²) in [4.78, 5) is 100. The zero-order valence-corrected chi connectivity index (χ0v) is 55.0. The van der Waals surface area contributed by atoms with Gasteiger partial charge in [0.15, 0.2) is 0 Å². The zero-order valence-electron chi connectivity index (χ0n) is 55.0. The van der Waals surface area contributed by atoms with Gasteiger partial charge in [0.25, 0.3) is 17.7 Å². The molecule has 0 atom stereocenters. The molecule has 0 radical (unpaired) electrons. The molecule has 6 aliphatic heterocycles. The maximum atomic E-state index is 13.2. The summed E-state index contributed by atoms with van der Waals surface area (Å²) in [6.45, 7) is 13.8. The number of methoxy groups -OCH3 is 1. The van der Waals surface area contributed by atoms with Crippen LogP contribution in [0.1, 0.15) is 139 Å². The van der Waals surface area contributed by atoms with Crippen molar-refractivity contribution >= 4 is 76.5 Å². The molecule has 1 aliphatic carbocycles. The van der Waals surface area contributed by atoms with Crippen molar-refractivity contribution in [1.29, 1.82) is 0 Å². The largest absolute Gasteiger partial charge is 0.453 e. The predicted molar refractivity (Wildman–Crippen MR) is 372 cm³/mol. The molecule has 20 nitrogen and oxygen atoms in total. The van der Waals surface area contributed by atoms with Crippen molar-refractivity contribution in [3.63, 3.8) is 0 Å². The second-order valence-corrected chi connectivity index (χ2v) is 25.2. The number of carbonyl (C=O) groups excluding carboxylic acids is 6. The quantitative estimate of drug-likeness (QED) is 0.104. The molecular weight excluding hydrogens is 1200 g/mol. The number of hydrogen-bond acceptors (Lipinski definition) is 14. The van der Waals surface area contributed by atoms with Crippen molar-refractivity contribution < 1.29 is 38.2 Å². The summed E-state index contributed by atoms with van der Waals surface area (Å²) >= 11 is 0. The van der Waals surface area contributed by atoms with Crippen LogP contribution < -0.4 is 17.2 Å². The molecular formula is C75H86N12O8. The van der Waals surface area contributed by atoms with Crippen LogP contribution in [0.5, 0.6) is 0 Å². The van der Waals surface area contributed by atoms with Crippen molar-refractivity contribution in [2.24, 2.45) is 32.2 Å². The Labute approximate surface area is 556 Å². The van der Waals surface area contributed by atoms with E-state index in [1.165, 1.54) is 12.0 Å². The van der Waals surface area contributed by atoms with Crippen molar-refractivity contribution in [3.05, 3.63) is 166 Å². The first kappa shape index (κ1) is 66.3. The van der Waals surface area contributed by atoms with E-state index in [0.717, 1.165) is 189 Å². The second kappa shape index (κ2) is 29.9.